The lowest BCUT2D eigenvalue weighted by Crippen LogP contribution is -2.41. The molecule has 0 aromatic heterocycles. The second kappa shape index (κ2) is 10.0. The molecule has 1 saturated heterocycles. The monoisotopic (exact) mass is 458 g/mol. The van der Waals surface area contributed by atoms with Crippen LogP contribution in [0.25, 0.3) is 0 Å². The summed E-state index contributed by atoms with van der Waals surface area (Å²) in [6.45, 7) is 3.29. The first kappa shape index (κ1) is 22.8. The lowest BCUT2D eigenvalue weighted by molar-refractivity contribution is 0.0730. The molecule has 172 valence electrons. The Morgan fingerprint density at radius 2 is 1.78 bits per heavy atom. The van der Waals surface area contributed by atoms with Gasteiger partial charge in [-0.25, -0.2) is 8.42 Å². The molecular weight excluding hydrogens is 428 g/mol. The molecule has 0 atom stereocenters. The van der Waals surface area contributed by atoms with E-state index in [-0.39, 0.29) is 16.9 Å². The maximum Gasteiger partial charge on any atom is 0.255 e. The Morgan fingerprint density at radius 1 is 1.09 bits per heavy atom. The van der Waals surface area contributed by atoms with E-state index in [2.05, 4.69) is 5.32 Å². The van der Waals surface area contributed by atoms with Gasteiger partial charge in [-0.15, -0.1) is 0 Å². The van der Waals surface area contributed by atoms with E-state index in [4.69, 9.17) is 9.47 Å². The number of amides is 1. The molecule has 0 unspecified atom stereocenters. The minimum Gasteiger partial charge on any atom is -0.490 e. The Morgan fingerprint density at radius 3 is 2.44 bits per heavy atom. The van der Waals surface area contributed by atoms with Crippen molar-refractivity contribution >= 4 is 21.6 Å². The van der Waals surface area contributed by atoms with Crippen LogP contribution in [0.3, 0.4) is 0 Å². The first-order valence-corrected chi connectivity index (χ1v) is 12.7. The second-order valence-electron chi connectivity index (χ2n) is 8.20. The number of nitrogens with one attached hydrogen (secondary N) is 1. The average molecular weight is 459 g/mol. The average Bonchev–Trinajstić information content (AvgIpc) is 3.33. The van der Waals surface area contributed by atoms with Crippen LogP contribution in [0.5, 0.6) is 5.75 Å². The lowest BCUT2D eigenvalue weighted by atomic mass is 10.1. The summed E-state index contributed by atoms with van der Waals surface area (Å²) in [7, 11) is -3.69. The minimum absolute atomic E-state index is 0.190. The zero-order valence-corrected chi connectivity index (χ0v) is 19.2. The van der Waals surface area contributed by atoms with Crippen molar-refractivity contribution in [1.29, 1.82) is 0 Å². The topological polar surface area (TPSA) is 84.9 Å². The number of anilines is 1. The van der Waals surface area contributed by atoms with Gasteiger partial charge in [0, 0.05) is 24.3 Å². The molecule has 1 heterocycles. The van der Waals surface area contributed by atoms with Crippen LogP contribution in [0.15, 0.2) is 47.4 Å². The Kier molecular flexibility index (Phi) is 7.13. The third-order valence-corrected chi connectivity index (χ3v) is 8.00. The molecular formula is C24H30N2O5S. The molecule has 1 saturated carbocycles. The first-order chi connectivity index (χ1) is 15.5. The molecule has 2 aromatic carbocycles. The fourth-order valence-electron chi connectivity index (χ4n) is 4.17. The third kappa shape index (κ3) is 5.14. The number of sulfonamides is 1. The van der Waals surface area contributed by atoms with Crippen LogP contribution in [-0.2, 0) is 21.2 Å². The largest absolute Gasteiger partial charge is 0.490 e. The Balaban J connectivity index is 1.49. The van der Waals surface area contributed by atoms with Crippen molar-refractivity contribution in [3.8, 4) is 5.75 Å². The number of hydrogen-bond donors (Lipinski definition) is 1. The summed E-state index contributed by atoms with van der Waals surface area (Å²) in [4.78, 5) is 13.1. The number of aryl methyl sites for hydroxylation is 1. The highest BCUT2D eigenvalue weighted by Gasteiger charge is 2.29. The number of ether oxygens (including phenoxy) is 2. The summed E-state index contributed by atoms with van der Waals surface area (Å²) < 4.78 is 39.1. The number of carbonyl (C=O) groups excluding carboxylic acids is 1. The molecule has 0 bridgehead atoms. The molecule has 1 aliphatic heterocycles. The SMILES string of the molecule is CCc1ccc(C(=O)Nc2ccc(OC3CCCC3)cc2)cc1S(=O)(=O)N1CCOCC1. The maximum absolute atomic E-state index is 13.2. The first-order valence-electron chi connectivity index (χ1n) is 11.3. The van der Waals surface area contributed by atoms with Gasteiger partial charge in [0.05, 0.1) is 24.2 Å². The Hall–Kier alpha value is -2.42. The van der Waals surface area contributed by atoms with Crippen molar-refractivity contribution in [1.82, 2.24) is 4.31 Å². The summed E-state index contributed by atoms with van der Waals surface area (Å²) in [5, 5.41) is 2.85. The molecule has 2 fully saturated rings. The van der Waals surface area contributed by atoms with E-state index in [9.17, 15) is 13.2 Å². The fourth-order valence-corrected chi connectivity index (χ4v) is 5.90. The highest BCUT2D eigenvalue weighted by Crippen LogP contribution is 2.26. The summed E-state index contributed by atoms with van der Waals surface area (Å²) in [6, 6.07) is 12.2. The zero-order chi connectivity index (χ0) is 22.6. The van der Waals surface area contributed by atoms with Crippen LogP contribution in [-0.4, -0.2) is 51.0 Å². The van der Waals surface area contributed by atoms with E-state index in [1.165, 1.54) is 23.2 Å². The van der Waals surface area contributed by atoms with Crippen LogP contribution in [0, 0.1) is 0 Å². The van der Waals surface area contributed by atoms with E-state index in [0.29, 0.717) is 49.5 Å². The number of nitrogens with zero attached hydrogens (tertiary/aromatic N) is 1. The molecule has 0 radical (unpaired) electrons. The number of carbonyl (C=O) groups is 1. The van der Waals surface area contributed by atoms with E-state index in [1.54, 1.807) is 24.3 Å². The molecule has 7 nitrogen and oxygen atoms in total. The van der Waals surface area contributed by atoms with Crippen molar-refractivity contribution in [2.24, 2.45) is 0 Å². The summed E-state index contributed by atoms with van der Waals surface area (Å²) >= 11 is 0. The van der Waals surface area contributed by atoms with E-state index in [1.807, 2.05) is 19.1 Å². The van der Waals surface area contributed by atoms with Gasteiger partial charge >= 0.3 is 0 Å². The van der Waals surface area contributed by atoms with Gasteiger partial charge < -0.3 is 14.8 Å². The molecule has 1 N–H and O–H groups in total. The normalized spacial score (nSPS) is 17.9. The van der Waals surface area contributed by atoms with E-state index < -0.39 is 10.0 Å². The smallest absolute Gasteiger partial charge is 0.255 e. The molecule has 0 spiro atoms. The van der Waals surface area contributed by atoms with Crippen molar-refractivity contribution in [3.05, 3.63) is 53.6 Å². The molecule has 32 heavy (non-hydrogen) atoms. The Labute approximate surface area is 189 Å². The van der Waals surface area contributed by atoms with Gasteiger partial charge in [-0.05, 0) is 74.1 Å². The van der Waals surface area contributed by atoms with Crippen molar-refractivity contribution in [2.45, 2.75) is 50.0 Å². The second-order valence-corrected chi connectivity index (χ2v) is 10.1. The molecule has 4 rings (SSSR count). The van der Waals surface area contributed by atoms with E-state index in [0.717, 1.165) is 18.6 Å². The van der Waals surface area contributed by atoms with Crippen LogP contribution in [0.2, 0.25) is 0 Å². The lowest BCUT2D eigenvalue weighted by Gasteiger charge is -2.27. The van der Waals surface area contributed by atoms with Gasteiger partial charge in [0.25, 0.3) is 5.91 Å². The molecule has 2 aliphatic rings. The zero-order valence-electron chi connectivity index (χ0n) is 18.4. The van der Waals surface area contributed by atoms with Crippen LogP contribution < -0.4 is 10.1 Å². The number of benzene rings is 2. The Bertz CT molecular complexity index is 1040. The van der Waals surface area contributed by atoms with Crippen LogP contribution in [0.1, 0.15) is 48.5 Å². The summed E-state index contributed by atoms with van der Waals surface area (Å²) in [6.07, 6.45) is 5.42. The molecule has 1 aliphatic carbocycles. The third-order valence-electron chi connectivity index (χ3n) is 6.02. The van der Waals surface area contributed by atoms with Crippen molar-refractivity contribution < 1.29 is 22.7 Å². The van der Waals surface area contributed by atoms with Crippen LogP contribution >= 0.6 is 0 Å². The van der Waals surface area contributed by atoms with Gasteiger partial charge in [0.15, 0.2) is 0 Å². The molecule has 2 aromatic rings. The standard InChI is InChI=1S/C24H30N2O5S/c1-2-18-7-8-19(17-23(18)32(28,29)26-13-15-30-16-14-26)24(27)25-20-9-11-22(12-10-20)31-21-5-3-4-6-21/h7-12,17,21H,2-6,13-16H2,1H3,(H,25,27). The van der Waals surface area contributed by atoms with Gasteiger partial charge in [0.1, 0.15) is 5.75 Å². The molecule has 8 heteroatoms. The number of hydrogen-bond acceptors (Lipinski definition) is 5. The van der Waals surface area contributed by atoms with Gasteiger partial charge in [-0.2, -0.15) is 4.31 Å². The maximum atomic E-state index is 13.2. The van der Waals surface area contributed by atoms with E-state index >= 15 is 0 Å². The fraction of sp³-hybridized carbons (Fsp3) is 0.458. The summed E-state index contributed by atoms with van der Waals surface area (Å²) in [5.74, 6) is 0.441. The van der Waals surface area contributed by atoms with Gasteiger partial charge in [-0.1, -0.05) is 13.0 Å². The summed E-state index contributed by atoms with van der Waals surface area (Å²) in [5.41, 5.74) is 1.63. The van der Waals surface area contributed by atoms with Gasteiger partial charge in [-0.3, -0.25) is 4.79 Å². The predicted octanol–water partition coefficient (Wildman–Crippen LogP) is 3.84. The van der Waals surface area contributed by atoms with Gasteiger partial charge in [0.2, 0.25) is 10.0 Å². The predicted molar refractivity (Wildman–Crippen MR) is 123 cm³/mol. The number of morpholine rings is 1. The highest BCUT2D eigenvalue weighted by molar-refractivity contribution is 7.89. The van der Waals surface area contributed by atoms with Crippen molar-refractivity contribution in [2.75, 3.05) is 31.6 Å². The molecule has 1 amide bonds. The highest BCUT2D eigenvalue weighted by atomic mass is 32.2. The van der Waals surface area contributed by atoms with Crippen LogP contribution in [0.4, 0.5) is 5.69 Å². The minimum atomic E-state index is -3.69. The quantitative estimate of drug-likeness (QED) is 0.681. The van der Waals surface area contributed by atoms with Crippen molar-refractivity contribution in [3.63, 3.8) is 0 Å². The number of rotatable bonds is 7.